The van der Waals surface area contributed by atoms with Gasteiger partial charge in [-0.25, -0.2) is 13.8 Å². The lowest BCUT2D eigenvalue weighted by Crippen LogP contribution is -2.23. The fourth-order valence-electron chi connectivity index (χ4n) is 5.34. The van der Waals surface area contributed by atoms with Crippen molar-refractivity contribution in [3.63, 3.8) is 0 Å². The Morgan fingerprint density at radius 1 is 1.09 bits per heavy atom. The number of nitrogens with zero attached hydrogens (tertiary/aromatic N) is 2. The van der Waals surface area contributed by atoms with Gasteiger partial charge in [0, 0.05) is 41.5 Å². The molecule has 1 aliphatic rings. The number of pyridine rings is 1. The van der Waals surface area contributed by atoms with Crippen LogP contribution in [0.25, 0.3) is 22.2 Å². The van der Waals surface area contributed by atoms with Crippen molar-refractivity contribution < 1.29 is 28.2 Å². The fraction of sp³-hybridized carbons (Fsp3) is 0.382. The molecule has 1 unspecified atom stereocenters. The van der Waals surface area contributed by atoms with E-state index in [-0.39, 0.29) is 29.7 Å². The molecule has 0 spiro atoms. The maximum absolute atomic E-state index is 15.5. The number of rotatable bonds is 9. The molecule has 44 heavy (non-hydrogen) atoms. The predicted octanol–water partition coefficient (Wildman–Crippen LogP) is 8.33. The third-order valence-corrected chi connectivity index (χ3v) is 7.84. The van der Waals surface area contributed by atoms with E-state index in [9.17, 15) is 9.59 Å². The van der Waals surface area contributed by atoms with Crippen LogP contribution in [-0.4, -0.2) is 39.6 Å². The Hall–Kier alpha value is -3.82. The number of fused-ring (bicyclic) bond motifs is 1. The summed E-state index contributed by atoms with van der Waals surface area (Å²) in [6, 6.07) is 11.2. The molecule has 7 nitrogen and oxygen atoms in total. The Balaban J connectivity index is 0.00000141. The molecule has 4 aromatic rings. The highest BCUT2D eigenvalue weighted by molar-refractivity contribution is 6.30. The molecule has 1 saturated carbocycles. The van der Waals surface area contributed by atoms with Crippen LogP contribution in [0.3, 0.4) is 0 Å². The van der Waals surface area contributed by atoms with Gasteiger partial charge in [0.15, 0.2) is 12.0 Å². The third kappa shape index (κ3) is 7.45. The van der Waals surface area contributed by atoms with Gasteiger partial charge in [0.1, 0.15) is 11.5 Å². The lowest BCUT2D eigenvalue weighted by atomic mass is 9.89. The first-order chi connectivity index (χ1) is 21.2. The number of hydrogen-bond donors (Lipinski definition) is 2. The standard InChI is InChI=1S/C32H32ClF2N3O3.C2H6O/c1-3-15-36-27-14-13-26(34)28(29(27)35)30(39)25-18-38(19(2)41-32(40)21-7-5-4-6-8-21)31-24(25)16-22(17-37-31)20-9-11-23(33)12-10-20;1-2-3/h9-14,16-19,21,36H,3-8,15H2,1-2H3;3H,2H2,1H3. The van der Waals surface area contributed by atoms with Gasteiger partial charge >= 0.3 is 5.97 Å². The lowest BCUT2D eigenvalue weighted by Gasteiger charge is -2.23. The van der Waals surface area contributed by atoms with Crippen LogP contribution in [0.15, 0.2) is 54.9 Å². The second kappa shape index (κ2) is 15.3. The van der Waals surface area contributed by atoms with Gasteiger partial charge in [-0.15, -0.1) is 0 Å². The highest BCUT2D eigenvalue weighted by atomic mass is 35.5. The van der Waals surface area contributed by atoms with Crippen molar-refractivity contribution in [2.45, 2.75) is 65.5 Å². The number of ketones is 1. The van der Waals surface area contributed by atoms with Gasteiger partial charge in [-0.05, 0) is 69.0 Å². The molecule has 10 heteroatoms. The summed E-state index contributed by atoms with van der Waals surface area (Å²) in [5, 5.41) is 11.4. The van der Waals surface area contributed by atoms with E-state index in [1.54, 1.807) is 42.8 Å². The quantitative estimate of drug-likeness (QED) is 0.143. The molecule has 1 atom stereocenters. The van der Waals surface area contributed by atoms with Crippen LogP contribution in [-0.2, 0) is 9.53 Å². The second-order valence-electron chi connectivity index (χ2n) is 10.8. The van der Waals surface area contributed by atoms with Crippen LogP contribution >= 0.6 is 11.6 Å². The highest BCUT2D eigenvalue weighted by Gasteiger charge is 2.29. The normalized spacial score (nSPS) is 14.1. The van der Waals surface area contributed by atoms with Gasteiger partial charge in [-0.1, -0.05) is 49.9 Å². The molecule has 5 rings (SSSR count). The summed E-state index contributed by atoms with van der Waals surface area (Å²) in [7, 11) is 0. The SMILES string of the molecule is CCCNc1ccc(F)c(C(=O)c2cn(C(C)OC(=O)C3CCCCC3)c3ncc(-c4ccc(Cl)cc4)cc23)c1F.CCO. The van der Waals surface area contributed by atoms with E-state index in [0.717, 1.165) is 50.2 Å². The summed E-state index contributed by atoms with van der Waals surface area (Å²) < 4.78 is 37.9. The highest BCUT2D eigenvalue weighted by Crippen LogP contribution is 2.33. The molecule has 0 aliphatic heterocycles. The van der Waals surface area contributed by atoms with Crippen molar-refractivity contribution in [3.05, 3.63) is 82.6 Å². The van der Waals surface area contributed by atoms with Crippen molar-refractivity contribution in [2.75, 3.05) is 18.5 Å². The topological polar surface area (TPSA) is 93.5 Å². The van der Waals surface area contributed by atoms with Crippen molar-refractivity contribution in [2.24, 2.45) is 5.92 Å². The summed E-state index contributed by atoms with van der Waals surface area (Å²) in [5.74, 6) is -3.21. The number of benzene rings is 2. The van der Waals surface area contributed by atoms with Crippen molar-refractivity contribution in [3.8, 4) is 11.1 Å². The molecule has 2 heterocycles. The molecule has 2 aromatic carbocycles. The van der Waals surface area contributed by atoms with Gasteiger partial charge in [-0.3, -0.25) is 14.2 Å². The molecule has 0 saturated heterocycles. The summed E-state index contributed by atoms with van der Waals surface area (Å²) >= 11 is 6.06. The number of carbonyl (C=O) groups is 2. The number of ether oxygens (including phenoxy) is 1. The zero-order valence-electron chi connectivity index (χ0n) is 25.2. The summed E-state index contributed by atoms with van der Waals surface area (Å²) in [6.45, 7) is 6.01. The Labute approximate surface area is 261 Å². The first-order valence-electron chi connectivity index (χ1n) is 15.0. The largest absolute Gasteiger partial charge is 0.441 e. The zero-order valence-corrected chi connectivity index (χ0v) is 26.0. The molecular weight excluding hydrogens is 588 g/mol. The molecule has 1 fully saturated rings. The summed E-state index contributed by atoms with van der Waals surface area (Å²) in [5.41, 5.74) is 1.29. The van der Waals surface area contributed by atoms with Crippen LogP contribution < -0.4 is 5.32 Å². The monoisotopic (exact) mass is 625 g/mol. The van der Waals surface area contributed by atoms with Crippen molar-refractivity contribution in [1.82, 2.24) is 9.55 Å². The number of nitrogens with one attached hydrogen (secondary N) is 1. The minimum atomic E-state index is -0.964. The average molecular weight is 626 g/mol. The minimum Gasteiger partial charge on any atom is -0.441 e. The van der Waals surface area contributed by atoms with Crippen molar-refractivity contribution in [1.29, 1.82) is 0 Å². The Kier molecular flexibility index (Phi) is 11.5. The number of halogens is 3. The van der Waals surface area contributed by atoms with E-state index in [0.29, 0.717) is 28.2 Å². The van der Waals surface area contributed by atoms with Gasteiger partial charge < -0.3 is 15.2 Å². The third-order valence-electron chi connectivity index (χ3n) is 7.59. The maximum atomic E-state index is 15.5. The van der Waals surface area contributed by atoms with E-state index in [1.165, 1.54) is 12.3 Å². The van der Waals surface area contributed by atoms with Gasteiger partial charge in [0.2, 0.25) is 5.78 Å². The Bertz CT molecular complexity index is 1600. The van der Waals surface area contributed by atoms with E-state index < -0.39 is 29.2 Å². The smallest absolute Gasteiger partial charge is 0.310 e. The van der Waals surface area contributed by atoms with E-state index in [4.69, 9.17) is 21.4 Å². The molecule has 0 radical (unpaired) electrons. The average Bonchev–Trinajstić information content (AvgIpc) is 3.41. The Morgan fingerprint density at radius 3 is 2.43 bits per heavy atom. The summed E-state index contributed by atoms with van der Waals surface area (Å²) in [6.07, 6.45) is 7.68. The maximum Gasteiger partial charge on any atom is 0.310 e. The van der Waals surface area contributed by atoms with Crippen LogP contribution in [0.1, 0.15) is 81.4 Å². The number of aliphatic hydroxyl groups excluding tert-OH is 1. The second-order valence-corrected chi connectivity index (χ2v) is 11.2. The van der Waals surface area contributed by atoms with Crippen LogP contribution in [0, 0.1) is 17.6 Å². The predicted molar refractivity (Wildman–Crippen MR) is 169 cm³/mol. The van der Waals surface area contributed by atoms with E-state index >= 15 is 8.78 Å². The number of carbonyl (C=O) groups excluding carboxylic acids is 2. The zero-order chi connectivity index (χ0) is 31.8. The number of aromatic nitrogens is 2. The molecular formula is C34H38ClF2N3O4. The molecule has 1 aliphatic carbocycles. The number of hydrogen-bond acceptors (Lipinski definition) is 6. The Morgan fingerprint density at radius 2 is 1.77 bits per heavy atom. The molecule has 2 aromatic heterocycles. The number of esters is 1. The first-order valence-corrected chi connectivity index (χ1v) is 15.4. The summed E-state index contributed by atoms with van der Waals surface area (Å²) in [4.78, 5) is 31.4. The van der Waals surface area contributed by atoms with Crippen LogP contribution in [0.2, 0.25) is 5.02 Å². The van der Waals surface area contributed by atoms with Crippen LogP contribution in [0.4, 0.5) is 14.5 Å². The minimum absolute atomic E-state index is 0.0503. The van der Waals surface area contributed by atoms with Crippen LogP contribution in [0.5, 0.6) is 0 Å². The number of anilines is 1. The molecule has 0 amide bonds. The fourth-order valence-corrected chi connectivity index (χ4v) is 5.47. The lowest BCUT2D eigenvalue weighted by molar-refractivity contribution is -0.158. The molecule has 0 bridgehead atoms. The van der Waals surface area contributed by atoms with Crippen molar-refractivity contribution >= 4 is 40.1 Å². The van der Waals surface area contributed by atoms with E-state index in [1.807, 2.05) is 19.1 Å². The first kappa shape index (κ1) is 33.1. The number of aliphatic hydroxyl groups is 1. The molecule has 234 valence electrons. The van der Waals surface area contributed by atoms with Gasteiger partial charge in [-0.2, -0.15) is 0 Å². The van der Waals surface area contributed by atoms with Gasteiger partial charge in [0.25, 0.3) is 0 Å². The molecule has 2 N–H and O–H groups in total. The van der Waals surface area contributed by atoms with Gasteiger partial charge in [0.05, 0.1) is 22.7 Å². The van der Waals surface area contributed by atoms with E-state index in [2.05, 4.69) is 10.3 Å².